The molecular weight excluding hydrogens is 461 g/mol. The molecule has 1 fully saturated rings. The van der Waals surface area contributed by atoms with Gasteiger partial charge in [-0.3, -0.25) is 10.1 Å². The lowest BCUT2D eigenvalue weighted by Gasteiger charge is -2.38. The molecule has 36 heavy (non-hydrogen) atoms. The second-order valence-corrected chi connectivity index (χ2v) is 10.1. The fraction of sp³-hybridized carbons (Fsp3) is 0.379. The molecule has 1 heterocycles. The van der Waals surface area contributed by atoms with Crippen molar-refractivity contribution in [3.05, 3.63) is 83.2 Å². The summed E-state index contributed by atoms with van der Waals surface area (Å²) in [5.41, 5.74) is 3.55. The highest BCUT2D eigenvalue weighted by atomic mass is 19.1. The summed E-state index contributed by atoms with van der Waals surface area (Å²) in [4.78, 5) is 24.4. The lowest BCUT2D eigenvalue weighted by atomic mass is 9.69. The Labute approximate surface area is 210 Å². The smallest absolute Gasteiger partial charge is 0.411 e. The molecule has 7 heteroatoms. The number of rotatable bonds is 5. The van der Waals surface area contributed by atoms with E-state index >= 15 is 0 Å². The molecule has 6 nitrogen and oxygen atoms in total. The molecule has 1 aliphatic carbocycles. The number of anilines is 1. The minimum Gasteiger partial charge on any atom is -0.458 e. The Bertz CT molecular complexity index is 1190. The summed E-state index contributed by atoms with van der Waals surface area (Å²) >= 11 is 0. The van der Waals surface area contributed by atoms with Gasteiger partial charge in [0, 0.05) is 18.5 Å². The molecule has 0 radical (unpaired) electrons. The Morgan fingerprint density at radius 2 is 1.94 bits per heavy atom. The molecule has 2 N–H and O–H groups in total. The SMILES string of the molecule is Cc1cc(C2=C(C=C[C@@H]3C[C@@H](O)CC(=O)O3)C(C)(C)CC(OC(=O)Nc3ccccc3)C2)ccc1F. The average Bonchev–Trinajstić information content (AvgIpc) is 2.79. The minimum absolute atomic E-state index is 0.00268. The first-order valence-electron chi connectivity index (χ1n) is 12.2. The Hall–Kier alpha value is -3.45. The fourth-order valence-electron chi connectivity index (χ4n) is 4.96. The maximum Gasteiger partial charge on any atom is 0.411 e. The monoisotopic (exact) mass is 493 g/mol. The van der Waals surface area contributed by atoms with E-state index in [1.165, 1.54) is 6.07 Å². The van der Waals surface area contributed by atoms with Gasteiger partial charge in [0.05, 0.1) is 12.5 Å². The molecule has 0 spiro atoms. The molecule has 1 saturated heterocycles. The van der Waals surface area contributed by atoms with Crippen LogP contribution in [0.15, 0.2) is 66.3 Å². The van der Waals surface area contributed by atoms with Crippen LogP contribution in [-0.2, 0) is 14.3 Å². The van der Waals surface area contributed by atoms with Gasteiger partial charge in [-0.15, -0.1) is 0 Å². The Morgan fingerprint density at radius 3 is 2.64 bits per heavy atom. The lowest BCUT2D eigenvalue weighted by molar-refractivity contribution is -0.156. The van der Waals surface area contributed by atoms with Crippen LogP contribution >= 0.6 is 0 Å². The van der Waals surface area contributed by atoms with Gasteiger partial charge in [-0.1, -0.05) is 44.2 Å². The number of halogens is 1. The number of hydrogen-bond acceptors (Lipinski definition) is 5. The van der Waals surface area contributed by atoms with Gasteiger partial charge in [0.1, 0.15) is 18.0 Å². The first-order chi connectivity index (χ1) is 17.1. The summed E-state index contributed by atoms with van der Waals surface area (Å²) in [5.74, 6) is -0.711. The minimum atomic E-state index is -0.727. The van der Waals surface area contributed by atoms with E-state index in [4.69, 9.17) is 9.47 Å². The van der Waals surface area contributed by atoms with Gasteiger partial charge in [-0.25, -0.2) is 9.18 Å². The van der Waals surface area contributed by atoms with E-state index in [2.05, 4.69) is 19.2 Å². The average molecular weight is 494 g/mol. The molecule has 2 aliphatic rings. The number of nitrogens with one attached hydrogen (secondary N) is 1. The van der Waals surface area contributed by atoms with Gasteiger partial charge in [0.25, 0.3) is 0 Å². The number of aryl methyl sites for hydroxylation is 1. The van der Waals surface area contributed by atoms with Crippen LogP contribution in [0.3, 0.4) is 0 Å². The van der Waals surface area contributed by atoms with Crippen LogP contribution in [0.1, 0.15) is 50.7 Å². The summed E-state index contributed by atoms with van der Waals surface area (Å²) in [6, 6.07) is 14.1. The molecule has 1 amide bonds. The zero-order valence-corrected chi connectivity index (χ0v) is 20.8. The van der Waals surface area contributed by atoms with Crippen LogP contribution in [0.4, 0.5) is 14.9 Å². The summed E-state index contributed by atoms with van der Waals surface area (Å²) < 4.78 is 25.3. The van der Waals surface area contributed by atoms with E-state index < -0.39 is 35.8 Å². The molecule has 4 rings (SSSR count). The van der Waals surface area contributed by atoms with Gasteiger partial charge in [0.2, 0.25) is 0 Å². The van der Waals surface area contributed by atoms with Crippen LogP contribution in [0, 0.1) is 18.2 Å². The number of aliphatic hydroxyl groups is 1. The molecule has 1 aliphatic heterocycles. The third kappa shape index (κ3) is 6.21. The Kier molecular flexibility index (Phi) is 7.59. The second kappa shape index (κ2) is 10.7. The van der Waals surface area contributed by atoms with Gasteiger partial charge >= 0.3 is 12.1 Å². The number of hydrogen-bond donors (Lipinski definition) is 2. The highest BCUT2D eigenvalue weighted by Crippen LogP contribution is 2.46. The lowest BCUT2D eigenvalue weighted by Crippen LogP contribution is -2.34. The first kappa shape index (κ1) is 25.6. The number of cyclic esters (lactones) is 1. The third-order valence-electron chi connectivity index (χ3n) is 6.69. The van der Waals surface area contributed by atoms with Gasteiger partial charge in [0.15, 0.2) is 0 Å². The number of carbonyl (C=O) groups is 2. The van der Waals surface area contributed by atoms with Crippen LogP contribution in [0.2, 0.25) is 0 Å². The van der Waals surface area contributed by atoms with Gasteiger partial charge in [-0.2, -0.15) is 0 Å². The van der Waals surface area contributed by atoms with Crippen LogP contribution in [-0.4, -0.2) is 35.5 Å². The number of para-hydroxylation sites is 1. The van der Waals surface area contributed by atoms with E-state index in [1.54, 1.807) is 37.3 Å². The molecule has 0 aromatic heterocycles. The van der Waals surface area contributed by atoms with Crippen LogP contribution < -0.4 is 5.32 Å². The third-order valence-corrected chi connectivity index (χ3v) is 6.69. The Morgan fingerprint density at radius 1 is 1.19 bits per heavy atom. The number of ether oxygens (including phenoxy) is 2. The molecule has 0 saturated carbocycles. The van der Waals surface area contributed by atoms with Crippen molar-refractivity contribution in [3.8, 4) is 0 Å². The number of amides is 1. The Balaban J connectivity index is 1.63. The van der Waals surface area contributed by atoms with E-state index in [9.17, 15) is 19.1 Å². The number of carbonyl (C=O) groups excluding carboxylic acids is 2. The van der Waals surface area contributed by atoms with Crippen molar-refractivity contribution in [1.82, 2.24) is 0 Å². The zero-order chi connectivity index (χ0) is 25.9. The zero-order valence-electron chi connectivity index (χ0n) is 20.8. The summed E-state index contributed by atoms with van der Waals surface area (Å²) in [6.45, 7) is 5.85. The number of benzene rings is 2. The highest BCUT2D eigenvalue weighted by Gasteiger charge is 2.37. The predicted octanol–water partition coefficient (Wildman–Crippen LogP) is 5.95. The second-order valence-electron chi connectivity index (χ2n) is 10.1. The summed E-state index contributed by atoms with van der Waals surface area (Å²) in [7, 11) is 0. The van der Waals surface area contributed by atoms with Crippen molar-refractivity contribution in [2.45, 2.75) is 64.8 Å². The van der Waals surface area contributed by atoms with Crippen LogP contribution in [0.5, 0.6) is 0 Å². The quantitative estimate of drug-likeness (QED) is 0.503. The fourth-order valence-corrected chi connectivity index (χ4v) is 4.96. The van der Waals surface area contributed by atoms with E-state index in [1.807, 2.05) is 24.3 Å². The summed E-state index contributed by atoms with van der Waals surface area (Å²) in [5, 5.41) is 12.7. The topological polar surface area (TPSA) is 84.9 Å². The maximum absolute atomic E-state index is 14.1. The maximum atomic E-state index is 14.1. The number of esters is 1. The van der Waals surface area contributed by atoms with Crippen molar-refractivity contribution < 1.29 is 28.6 Å². The molecule has 1 unspecified atom stereocenters. The van der Waals surface area contributed by atoms with Crippen LogP contribution in [0.25, 0.3) is 5.57 Å². The normalized spacial score (nSPS) is 23.9. The standard InChI is InChI=1S/C29H32FNO5/c1-18-13-19(9-12-26(18)30)24-16-23(36-28(34)31-20-7-5-4-6-8-20)17-29(2,3)25(24)11-10-22-14-21(32)15-27(33)35-22/h4-13,21-23,32H,14-17H2,1-3H3,(H,31,34)/t21-,22-,23?/m1/s1. The molecule has 2 aromatic rings. The number of aliphatic hydroxyl groups excluding tert-OH is 1. The van der Waals surface area contributed by atoms with Crippen molar-refractivity contribution in [2.75, 3.05) is 5.32 Å². The molecule has 190 valence electrons. The van der Waals surface area contributed by atoms with Gasteiger partial charge < -0.3 is 14.6 Å². The van der Waals surface area contributed by atoms with Crippen molar-refractivity contribution in [2.24, 2.45) is 5.41 Å². The highest BCUT2D eigenvalue weighted by molar-refractivity contribution is 5.85. The molecular formula is C29H32FNO5. The first-order valence-corrected chi connectivity index (χ1v) is 12.2. The number of allylic oxidation sites excluding steroid dienone is 2. The van der Waals surface area contributed by atoms with Gasteiger partial charge in [-0.05, 0) is 71.4 Å². The molecule has 0 bridgehead atoms. The summed E-state index contributed by atoms with van der Waals surface area (Å²) in [6.07, 6.45) is 2.93. The van der Waals surface area contributed by atoms with E-state index in [0.717, 1.165) is 16.7 Å². The molecule has 2 aromatic carbocycles. The molecule has 3 atom stereocenters. The van der Waals surface area contributed by atoms with E-state index in [-0.39, 0.29) is 12.2 Å². The van der Waals surface area contributed by atoms with E-state index in [0.29, 0.717) is 30.5 Å². The largest absolute Gasteiger partial charge is 0.458 e. The van der Waals surface area contributed by atoms with Crippen molar-refractivity contribution in [3.63, 3.8) is 0 Å². The van der Waals surface area contributed by atoms with Crippen molar-refractivity contribution >= 4 is 23.3 Å². The van der Waals surface area contributed by atoms with Crippen molar-refractivity contribution in [1.29, 1.82) is 0 Å². The predicted molar refractivity (Wildman–Crippen MR) is 136 cm³/mol.